The van der Waals surface area contributed by atoms with Gasteiger partial charge in [-0.25, -0.2) is 16.8 Å². The van der Waals surface area contributed by atoms with E-state index in [9.17, 15) is 26.9 Å². The molecule has 0 aliphatic heterocycles. The molecule has 1 rings (SSSR count). The van der Waals surface area contributed by atoms with Crippen molar-refractivity contribution in [1.29, 1.82) is 0 Å². The minimum absolute atomic E-state index is 0.181. The first-order valence-electron chi connectivity index (χ1n) is 4.74. The van der Waals surface area contributed by atoms with E-state index in [2.05, 4.69) is 0 Å². The summed E-state index contributed by atoms with van der Waals surface area (Å²) in [5.41, 5.74) is 4.59. The fourth-order valence-corrected chi connectivity index (χ4v) is 3.35. The first-order chi connectivity index (χ1) is 8.53. The van der Waals surface area contributed by atoms with Crippen LogP contribution in [0.2, 0.25) is 0 Å². The number of nitrogens with one attached hydrogen (secondary N) is 1. The summed E-state index contributed by atoms with van der Waals surface area (Å²) in [5, 5.41) is 10.6. The third-order valence-corrected chi connectivity index (χ3v) is 4.42. The zero-order chi connectivity index (χ0) is 14.8. The molecule has 3 N–H and O–H groups in total. The van der Waals surface area contributed by atoms with Crippen LogP contribution in [0.15, 0.2) is 23.1 Å². The summed E-state index contributed by atoms with van der Waals surface area (Å²) >= 11 is 0. The Kier molecular flexibility index (Phi) is 4.12. The van der Waals surface area contributed by atoms with Crippen LogP contribution in [0.5, 0.6) is 0 Å². The second kappa shape index (κ2) is 5.11. The van der Waals surface area contributed by atoms with Crippen molar-refractivity contribution in [1.82, 2.24) is 4.72 Å². The maximum absolute atomic E-state index is 11.8. The highest BCUT2D eigenvalue weighted by atomic mass is 32.2. The minimum atomic E-state index is -4.02. The summed E-state index contributed by atoms with van der Waals surface area (Å²) in [4.78, 5) is 9.43. The van der Waals surface area contributed by atoms with Gasteiger partial charge in [0, 0.05) is 6.07 Å². The van der Waals surface area contributed by atoms with Crippen LogP contribution in [0.25, 0.3) is 0 Å². The number of nitrogens with two attached hydrogens (primary N) is 1. The summed E-state index contributed by atoms with van der Waals surface area (Å²) in [6, 6.07) is 2.93. The zero-order valence-corrected chi connectivity index (χ0v) is 11.4. The van der Waals surface area contributed by atoms with Gasteiger partial charge in [-0.1, -0.05) is 0 Å². The molecule has 9 nitrogen and oxygen atoms in total. The summed E-state index contributed by atoms with van der Waals surface area (Å²) in [7, 11) is -7.70. The molecular weight excluding hydrogens is 298 g/mol. The molecule has 0 radical (unpaired) electrons. The lowest BCUT2D eigenvalue weighted by Gasteiger charge is -2.05. The van der Waals surface area contributed by atoms with E-state index in [4.69, 9.17) is 5.73 Å². The molecule has 0 aliphatic carbocycles. The quantitative estimate of drug-likeness (QED) is 0.421. The predicted octanol–water partition coefficient (Wildman–Crippen LogP) is -0.543. The van der Waals surface area contributed by atoms with Crippen molar-refractivity contribution in [3.63, 3.8) is 0 Å². The Morgan fingerprint density at radius 1 is 1.32 bits per heavy atom. The van der Waals surface area contributed by atoms with Crippen LogP contribution in [0.1, 0.15) is 0 Å². The number of benzene rings is 1. The molecule has 1 aromatic carbocycles. The standard InChI is InChI=1S/C8H11N3O6S2/c1-18(14,15)10-5-19(16,17)6-2-3-7(9)8(4-6)11(12)13/h2-4,10H,5,9H2,1H3. The van der Waals surface area contributed by atoms with E-state index < -0.39 is 36.3 Å². The number of nitrogens with zero attached hydrogens (tertiary/aromatic N) is 1. The van der Waals surface area contributed by atoms with Crippen molar-refractivity contribution < 1.29 is 21.8 Å². The van der Waals surface area contributed by atoms with Gasteiger partial charge in [-0.15, -0.1) is 0 Å². The average molecular weight is 309 g/mol. The molecule has 0 amide bonds. The van der Waals surface area contributed by atoms with E-state index in [0.29, 0.717) is 0 Å². The first kappa shape index (κ1) is 15.3. The lowest BCUT2D eigenvalue weighted by Crippen LogP contribution is -2.28. The first-order valence-corrected chi connectivity index (χ1v) is 8.28. The summed E-state index contributed by atoms with van der Waals surface area (Å²) < 4.78 is 47.0. The number of rotatable bonds is 5. The third kappa shape index (κ3) is 4.15. The van der Waals surface area contributed by atoms with Crippen molar-refractivity contribution >= 4 is 31.2 Å². The molecule has 106 valence electrons. The molecule has 0 aromatic heterocycles. The van der Waals surface area contributed by atoms with E-state index in [1.54, 1.807) is 0 Å². The number of sulfonamides is 1. The number of hydrogen-bond acceptors (Lipinski definition) is 7. The van der Waals surface area contributed by atoms with Crippen molar-refractivity contribution in [3.05, 3.63) is 28.3 Å². The monoisotopic (exact) mass is 309 g/mol. The Morgan fingerprint density at radius 3 is 2.37 bits per heavy atom. The Balaban J connectivity index is 3.16. The van der Waals surface area contributed by atoms with E-state index in [-0.39, 0.29) is 10.6 Å². The lowest BCUT2D eigenvalue weighted by atomic mass is 10.3. The molecule has 0 atom stereocenters. The maximum atomic E-state index is 11.8. The largest absolute Gasteiger partial charge is 0.393 e. The Labute approximate surface area is 109 Å². The van der Waals surface area contributed by atoms with Gasteiger partial charge in [0.15, 0.2) is 9.84 Å². The van der Waals surface area contributed by atoms with E-state index in [0.717, 1.165) is 24.5 Å². The van der Waals surface area contributed by atoms with Crippen molar-refractivity contribution in [3.8, 4) is 0 Å². The molecule has 19 heavy (non-hydrogen) atoms. The van der Waals surface area contributed by atoms with Gasteiger partial charge < -0.3 is 5.73 Å². The molecule has 0 bridgehead atoms. The number of anilines is 1. The smallest absolute Gasteiger partial charge is 0.293 e. The fraction of sp³-hybridized carbons (Fsp3) is 0.250. The van der Waals surface area contributed by atoms with Gasteiger partial charge >= 0.3 is 0 Å². The topological polar surface area (TPSA) is 149 Å². The van der Waals surface area contributed by atoms with Crippen LogP contribution >= 0.6 is 0 Å². The van der Waals surface area contributed by atoms with Gasteiger partial charge in [-0.3, -0.25) is 10.1 Å². The van der Waals surface area contributed by atoms with Crippen LogP contribution in [0, 0.1) is 10.1 Å². The molecule has 0 saturated heterocycles. The zero-order valence-electron chi connectivity index (χ0n) is 9.73. The number of hydrogen-bond donors (Lipinski definition) is 2. The Hall–Kier alpha value is -1.72. The van der Waals surface area contributed by atoms with Crippen LogP contribution in [-0.2, 0) is 19.9 Å². The van der Waals surface area contributed by atoms with E-state index in [1.165, 1.54) is 0 Å². The van der Waals surface area contributed by atoms with Crippen molar-refractivity contribution in [2.75, 3.05) is 17.9 Å². The Morgan fingerprint density at radius 2 is 1.89 bits per heavy atom. The summed E-state index contributed by atoms with van der Waals surface area (Å²) in [5.74, 6) is -0.882. The minimum Gasteiger partial charge on any atom is -0.393 e. The second-order valence-corrected chi connectivity index (χ2v) is 7.48. The van der Waals surface area contributed by atoms with Gasteiger partial charge in [-0.2, -0.15) is 4.72 Å². The maximum Gasteiger partial charge on any atom is 0.293 e. The van der Waals surface area contributed by atoms with Crippen LogP contribution < -0.4 is 10.5 Å². The second-order valence-electron chi connectivity index (χ2n) is 3.65. The van der Waals surface area contributed by atoms with Crippen LogP contribution in [0.3, 0.4) is 0 Å². The molecule has 0 fully saturated rings. The van der Waals surface area contributed by atoms with Gasteiger partial charge in [0.25, 0.3) is 5.69 Å². The summed E-state index contributed by atoms with van der Waals surface area (Å²) in [6.07, 6.45) is 0.800. The average Bonchev–Trinajstić information content (AvgIpc) is 2.25. The number of sulfone groups is 1. The molecule has 11 heteroatoms. The number of nitrogen functional groups attached to an aromatic ring is 1. The highest BCUT2D eigenvalue weighted by Crippen LogP contribution is 2.25. The molecule has 0 heterocycles. The lowest BCUT2D eigenvalue weighted by molar-refractivity contribution is -0.384. The van der Waals surface area contributed by atoms with Gasteiger partial charge in [0.2, 0.25) is 10.0 Å². The fourth-order valence-electron chi connectivity index (χ4n) is 1.14. The number of nitro groups is 1. The molecule has 0 spiro atoms. The number of nitro benzene ring substituents is 1. The van der Waals surface area contributed by atoms with E-state index in [1.807, 2.05) is 4.72 Å². The van der Waals surface area contributed by atoms with Crippen LogP contribution in [0.4, 0.5) is 11.4 Å². The van der Waals surface area contributed by atoms with Crippen molar-refractivity contribution in [2.45, 2.75) is 4.90 Å². The van der Waals surface area contributed by atoms with Gasteiger partial charge in [0.1, 0.15) is 11.6 Å². The van der Waals surface area contributed by atoms with Gasteiger partial charge in [-0.05, 0) is 12.1 Å². The predicted molar refractivity (Wildman–Crippen MR) is 67.5 cm³/mol. The normalized spacial score (nSPS) is 12.3. The summed E-state index contributed by atoms with van der Waals surface area (Å²) in [6.45, 7) is 0. The SMILES string of the molecule is CS(=O)(=O)NCS(=O)(=O)c1ccc(N)c([N+](=O)[O-])c1. The van der Waals surface area contributed by atoms with Gasteiger partial charge in [0.05, 0.1) is 16.1 Å². The molecule has 0 unspecified atom stereocenters. The highest BCUT2D eigenvalue weighted by Gasteiger charge is 2.21. The molecule has 0 saturated carbocycles. The highest BCUT2D eigenvalue weighted by molar-refractivity contribution is 7.93. The molecule has 1 aromatic rings. The molecule has 0 aliphatic rings. The molecular formula is C8H11N3O6S2. The van der Waals surface area contributed by atoms with Crippen LogP contribution in [-0.4, -0.2) is 33.9 Å². The Bertz CT molecular complexity index is 710. The van der Waals surface area contributed by atoms with E-state index >= 15 is 0 Å². The van der Waals surface area contributed by atoms with Crippen molar-refractivity contribution in [2.24, 2.45) is 0 Å². The third-order valence-electron chi connectivity index (χ3n) is 2.07.